The first-order chi connectivity index (χ1) is 20.9. The topological polar surface area (TPSA) is 156 Å². The monoisotopic (exact) mass is 617 g/mol. The summed E-state index contributed by atoms with van der Waals surface area (Å²) in [5.74, 6) is 4.15. The summed E-state index contributed by atoms with van der Waals surface area (Å²) in [6.07, 6.45) is -0.543. The molecule has 3 heterocycles. The number of nitrogen functional groups attached to an aromatic ring is 1. The van der Waals surface area contributed by atoms with Crippen LogP contribution in [0.15, 0.2) is 82.5 Å². The summed E-state index contributed by atoms with van der Waals surface area (Å²) in [5.41, 5.74) is 7.71. The summed E-state index contributed by atoms with van der Waals surface area (Å²) in [6.45, 7) is -0.146. The third kappa shape index (κ3) is 6.41. The number of benzene rings is 2. The van der Waals surface area contributed by atoms with E-state index in [4.69, 9.17) is 15.3 Å². The lowest BCUT2D eigenvalue weighted by Gasteiger charge is -2.49. The molecule has 5 rings (SSSR count). The van der Waals surface area contributed by atoms with Crippen LogP contribution in [0, 0.1) is 11.8 Å². The first-order valence-corrected chi connectivity index (χ1v) is 15.1. The van der Waals surface area contributed by atoms with Crippen molar-refractivity contribution in [1.82, 2.24) is 15.2 Å². The second kappa shape index (κ2) is 13.6. The normalized spacial score (nSPS) is 17.9. The number of aliphatic hydroxyl groups excluding tert-OH is 1. The summed E-state index contributed by atoms with van der Waals surface area (Å²) in [7, 11) is 1.29. The van der Waals surface area contributed by atoms with Gasteiger partial charge in [-0.1, -0.05) is 77.7 Å². The van der Waals surface area contributed by atoms with E-state index in [1.807, 2.05) is 60.7 Å². The number of anilines is 1. The van der Waals surface area contributed by atoms with Gasteiger partial charge in [0.15, 0.2) is 16.9 Å². The van der Waals surface area contributed by atoms with E-state index in [1.54, 1.807) is 5.38 Å². The van der Waals surface area contributed by atoms with Gasteiger partial charge in [0.1, 0.15) is 29.9 Å². The second-order valence-electron chi connectivity index (χ2n) is 9.26. The number of rotatable bonds is 9. The van der Waals surface area contributed by atoms with E-state index in [1.165, 1.54) is 23.8 Å². The van der Waals surface area contributed by atoms with Crippen molar-refractivity contribution in [1.29, 1.82) is 0 Å². The Kier molecular flexibility index (Phi) is 9.41. The number of nitrogens with two attached hydrogens (primary N) is 1. The fraction of sp³-hybridized carbons (Fsp3) is 0.233. The van der Waals surface area contributed by atoms with E-state index in [0.29, 0.717) is 5.57 Å². The van der Waals surface area contributed by atoms with Crippen molar-refractivity contribution in [3.63, 3.8) is 0 Å². The Morgan fingerprint density at radius 3 is 2.44 bits per heavy atom. The number of amides is 2. The van der Waals surface area contributed by atoms with Crippen molar-refractivity contribution in [2.75, 3.05) is 25.2 Å². The lowest BCUT2D eigenvalue weighted by Crippen LogP contribution is -2.71. The van der Waals surface area contributed by atoms with E-state index < -0.39 is 35.3 Å². The number of β-lactam (4-membered cyclic amide) rings is 1. The van der Waals surface area contributed by atoms with Crippen LogP contribution < -0.4 is 11.1 Å². The molecule has 11 nitrogen and oxygen atoms in total. The Hall–Kier alpha value is -4.64. The van der Waals surface area contributed by atoms with Crippen LogP contribution in [0.25, 0.3) is 0 Å². The van der Waals surface area contributed by atoms with Crippen LogP contribution in [0.2, 0.25) is 0 Å². The van der Waals surface area contributed by atoms with Gasteiger partial charge in [0.2, 0.25) is 0 Å². The molecule has 0 aliphatic carbocycles. The van der Waals surface area contributed by atoms with Gasteiger partial charge in [0.05, 0.1) is 6.61 Å². The third-order valence-corrected chi connectivity index (χ3v) is 8.47. The zero-order valence-electron chi connectivity index (χ0n) is 22.9. The Morgan fingerprint density at radius 2 is 1.86 bits per heavy atom. The molecule has 2 aliphatic heterocycles. The molecule has 0 radical (unpaired) electrons. The van der Waals surface area contributed by atoms with Crippen molar-refractivity contribution < 1.29 is 29.1 Å². The average Bonchev–Trinajstić information content (AvgIpc) is 3.47. The van der Waals surface area contributed by atoms with Gasteiger partial charge >= 0.3 is 5.97 Å². The Bertz CT molecular complexity index is 1590. The molecule has 0 saturated carbocycles. The molecule has 0 spiro atoms. The summed E-state index contributed by atoms with van der Waals surface area (Å²) < 4.78 is 6.09. The van der Waals surface area contributed by atoms with Crippen LogP contribution in [0.4, 0.5) is 5.13 Å². The highest BCUT2D eigenvalue weighted by molar-refractivity contribution is 8.00. The molecule has 13 heteroatoms. The van der Waals surface area contributed by atoms with E-state index in [-0.39, 0.29) is 41.0 Å². The van der Waals surface area contributed by atoms with Gasteiger partial charge in [-0.25, -0.2) is 9.78 Å². The zero-order valence-corrected chi connectivity index (χ0v) is 24.6. The third-order valence-electron chi connectivity index (χ3n) is 6.52. The maximum atomic E-state index is 13.9. The smallest absolute Gasteiger partial charge is 0.357 e. The maximum absolute atomic E-state index is 13.9. The summed E-state index contributed by atoms with van der Waals surface area (Å²) >= 11 is 2.48. The molecule has 43 heavy (non-hydrogen) atoms. The lowest BCUT2D eigenvalue weighted by molar-refractivity contribution is -0.154. The molecule has 0 unspecified atom stereocenters. The number of ether oxygens (including phenoxy) is 1. The lowest BCUT2D eigenvalue weighted by atomic mass is 10.0. The highest BCUT2D eigenvalue weighted by Gasteiger charge is 2.55. The molecule has 4 N–H and O–H groups in total. The van der Waals surface area contributed by atoms with E-state index in [2.05, 4.69) is 27.3 Å². The predicted octanol–water partition coefficient (Wildman–Crippen LogP) is 2.45. The van der Waals surface area contributed by atoms with Crippen LogP contribution >= 0.6 is 23.1 Å². The second-order valence-corrected chi connectivity index (χ2v) is 11.3. The zero-order chi connectivity index (χ0) is 30.3. The number of oxime groups is 1. The minimum Gasteiger partial charge on any atom is -0.448 e. The van der Waals surface area contributed by atoms with Gasteiger partial charge in [-0.3, -0.25) is 14.5 Å². The molecular formula is C30H27N5O6S2. The molecule has 2 aromatic carbocycles. The summed E-state index contributed by atoms with van der Waals surface area (Å²) in [5, 5.41) is 16.9. The molecule has 1 aromatic heterocycles. The number of nitrogens with one attached hydrogen (secondary N) is 1. The Morgan fingerprint density at radius 1 is 1.19 bits per heavy atom. The molecular weight excluding hydrogens is 590 g/mol. The number of carbonyl (C=O) groups is 3. The van der Waals surface area contributed by atoms with E-state index >= 15 is 0 Å². The molecule has 220 valence electrons. The van der Waals surface area contributed by atoms with Crippen LogP contribution in [0.1, 0.15) is 29.3 Å². The molecule has 2 amide bonds. The molecule has 2 atom stereocenters. The van der Waals surface area contributed by atoms with Crippen molar-refractivity contribution in [2.24, 2.45) is 5.16 Å². The number of aliphatic hydroxyl groups is 1. The Balaban J connectivity index is 1.42. The van der Waals surface area contributed by atoms with Gasteiger partial charge in [0, 0.05) is 23.1 Å². The summed E-state index contributed by atoms with van der Waals surface area (Å²) in [4.78, 5) is 50.8. The van der Waals surface area contributed by atoms with Crippen molar-refractivity contribution in [2.45, 2.75) is 23.9 Å². The first kappa shape index (κ1) is 29.8. The molecule has 2 aliphatic rings. The van der Waals surface area contributed by atoms with Gasteiger partial charge in [-0.15, -0.1) is 23.1 Å². The van der Waals surface area contributed by atoms with Gasteiger partial charge < -0.3 is 25.7 Å². The van der Waals surface area contributed by atoms with Gasteiger partial charge in [-0.2, -0.15) is 0 Å². The largest absolute Gasteiger partial charge is 0.448 e. The maximum Gasteiger partial charge on any atom is 0.357 e. The number of thiazole rings is 1. The van der Waals surface area contributed by atoms with Crippen LogP contribution in [0.5, 0.6) is 0 Å². The molecule has 1 saturated heterocycles. The van der Waals surface area contributed by atoms with E-state index in [0.717, 1.165) is 22.5 Å². The number of carbonyl (C=O) groups excluding carboxylic acids is 3. The highest BCUT2D eigenvalue weighted by Crippen LogP contribution is 2.41. The number of hydrogen-bond donors (Lipinski definition) is 3. The fourth-order valence-electron chi connectivity index (χ4n) is 4.58. The van der Waals surface area contributed by atoms with Crippen LogP contribution in [-0.2, 0) is 24.0 Å². The predicted molar refractivity (Wildman–Crippen MR) is 162 cm³/mol. The standard InChI is InChI=1S/C30H27N5O6S2/c1-40-34-22(21-17-43-30(31)32-21)26(37)33-23-27(38)35-24(20(14-8-9-15-36)16-42-28(23)35)29(39)41-25(18-10-4-2-5-11-18)19-12-6-3-7-13-19/h2-7,10-13,17,23,25,28,36H,9,15-16H2,1H3,(H2,31,32)(H,33,37)/b34-22-/t23-,28-/m1/s1. The number of thioether (sulfide) groups is 1. The fourth-order valence-corrected chi connectivity index (χ4v) is 6.41. The SMILES string of the molecule is CO/N=C(\C(=O)N[C@@H]1C(=O)N2C(C(=O)OC(c3ccccc3)c3ccccc3)=C(C#CCCO)CS[C@H]12)c1csc(N)n1. The number of fused-ring (bicyclic) bond motifs is 1. The van der Waals surface area contributed by atoms with Crippen molar-refractivity contribution in [3.05, 3.63) is 94.1 Å². The number of esters is 1. The van der Waals surface area contributed by atoms with Gasteiger partial charge in [-0.05, 0) is 11.1 Å². The molecule has 3 aromatic rings. The van der Waals surface area contributed by atoms with Crippen molar-refractivity contribution in [3.8, 4) is 11.8 Å². The molecule has 0 bridgehead atoms. The summed E-state index contributed by atoms with van der Waals surface area (Å²) in [6, 6.07) is 17.6. The van der Waals surface area contributed by atoms with Crippen LogP contribution in [0.3, 0.4) is 0 Å². The Labute approximate surface area is 255 Å². The molecule has 1 fully saturated rings. The number of nitrogens with zero attached hydrogens (tertiary/aromatic N) is 3. The minimum absolute atomic E-state index is 0.0135. The van der Waals surface area contributed by atoms with Crippen molar-refractivity contribution >= 4 is 51.7 Å². The highest BCUT2D eigenvalue weighted by atomic mass is 32.2. The quantitative estimate of drug-likeness (QED) is 0.108. The number of hydrogen-bond acceptors (Lipinski definition) is 11. The van der Waals surface area contributed by atoms with Gasteiger partial charge in [0.25, 0.3) is 11.8 Å². The van der Waals surface area contributed by atoms with Crippen LogP contribution in [-0.4, -0.2) is 69.4 Å². The average molecular weight is 618 g/mol. The minimum atomic E-state index is -0.954. The number of aromatic nitrogens is 1. The van der Waals surface area contributed by atoms with E-state index in [9.17, 15) is 19.5 Å². The first-order valence-electron chi connectivity index (χ1n) is 13.1.